The largest absolute Gasteiger partial charge is 0.394 e. The maximum atomic E-state index is 9.30. The van der Waals surface area contributed by atoms with Crippen molar-refractivity contribution in [1.29, 1.82) is 0 Å². The molecule has 0 saturated carbocycles. The highest BCUT2D eigenvalue weighted by atomic mass is 16.5. The number of aliphatic hydroxyl groups excluding tert-OH is 1. The van der Waals surface area contributed by atoms with Crippen LogP contribution < -0.4 is 5.32 Å². The van der Waals surface area contributed by atoms with Crippen molar-refractivity contribution >= 4 is 0 Å². The number of aliphatic hydroxyl groups is 1. The average molecular weight is 237 g/mol. The van der Waals surface area contributed by atoms with E-state index in [1.165, 1.54) is 11.1 Å². The first-order valence-corrected chi connectivity index (χ1v) is 6.06. The molecule has 3 heteroatoms. The fourth-order valence-electron chi connectivity index (χ4n) is 1.53. The van der Waals surface area contributed by atoms with E-state index in [0.29, 0.717) is 6.61 Å². The summed E-state index contributed by atoms with van der Waals surface area (Å²) in [5.41, 5.74) is 2.21. The van der Waals surface area contributed by atoms with Gasteiger partial charge in [-0.3, -0.25) is 0 Å². The Labute approximate surface area is 104 Å². The van der Waals surface area contributed by atoms with Gasteiger partial charge in [0.2, 0.25) is 0 Å². The summed E-state index contributed by atoms with van der Waals surface area (Å²) < 4.78 is 5.07. The van der Waals surface area contributed by atoms with E-state index < -0.39 is 0 Å². The number of hydrogen-bond acceptors (Lipinski definition) is 3. The molecule has 0 aliphatic carbocycles. The minimum atomic E-state index is -0.189. The van der Waals surface area contributed by atoms with Crippen LogP contribution in [0.5, 0.6) is 0 Å². The van der Waals surface area contributed by atoms with Crippen LogP contribution in [0.15, 0.2) is 24.3 Å². The number of nitrogens with one attached hydrogen (secondary N) is 1. The summed E-state index contributed by atoms with van der Waals surface area (Å²) in [4.78, 5) is 0. The molecule has 0 radical (unpaired) electrons. The molecule has 0 aliphatic heterocycles. The molecule has 1 atom stereocenters. The van der Waals surface area contributed by atoms with Crippen LogP contribution >= 0.6 is 0 Å². The highest BCUT2D eigenvalue weighted by Crippen LogP contribution is 2.11. The molecule has 96 valence electrons. The lowest BCUT2D eigenvalue weighted by Crippen LogP contribution is -2.44. The first-order chi connectivity index (χ1) is 8.13. The van der Waals surface area contributed by atoms with Crippen LogP contribution in [-0.2, 0) is 17.9 Å². The van der Waals surface area contributed by atoms with E-state index >= 15 is 0 Å². The molecular weight excluding hydrogens is 214 g/mol. The second kappa shape index (κ2) is 6.74. The molecular formula is C14H23NO2. The van der Waals surface area contributed by atoms with E-state index in [1.54, 1.807) is 7.11 Å². The SMILES string of the molecule is CCC(C)(CO)NCc1ccc(COC)cc1. The molecule has 1 aromatic carbocycles. The van der Waals surface area contributed by atoms with Gasteiger partial charge in [0.05, 0.1) is 13.2 Å². The van der Waals surface area contributed by atoms with Gasteiger partial charge in [0.15, 0.2) is 0 Å². The molecule has 0 bridgehead atoms. The van der Waals surface area contributed by atoms with Crippen molar-refractivity contribution in [1.82, 2.24) is 5.32 Å². The van der Waals surface area contributed by atoms with Crippen LogP contribution in [0.3, 0.4) is 0 Å². The Hall–Kier alpha value is -0.900. The summed E-state index contributed by atoms with van der Waals surface area (Å²) in [7, 11) is 1.70. The fourth-order valence-corrected chi connectivity index (χ4v) is 1.53. The van der Waals surface area contributed by atoms with Crippen LogP contribution in [0, 0.1) is 0 Å². The molecule has 0 aliphatic rings. The first-order valence-electron chi connectivity index (χ1n) is 6.06. The van der Waals surface area contributed by atoms with Gasteiger partial charge in [0.1, 0.15) is 0 Å². The summed E-state index contributed by atoms with van der Waals surface area (Å²) >= 11 is 0. The van der Waals surface area contributed by atoms with E-state index in [0.717, 1.165) is 13.0 Å². The van der Waals surface area contributed by atoms with Crippen molar-refractivity contribution in [2.75, 3.05) is 13.7 Å². The maximum absolute atomic E-state index is 9.30. The monoisotopic (exact) mass is 237 g/mol. The Bertz CT molecular complexity index is 317. The van der Waals surface area contributed by atoms with E-state index in [1.807, 2.05) is 6.92 Å². The highest BCUT2D eigenvalue weighted by Gasteiger charge is 2.19. The van der Waals surface area contributed by atoms with Crippen molar-refractivity contribution in [2.24, 2.45) is 0 Å². The lowest BCUT2D eigenvalue weighted by atomic mass is 10.00. The van der Waals surface area contributed by atoms with E-state index in [4.69, 9.17) is 4.74 Å². The Balaban J connectivity index is 2.52. The Kier molecular flexibility index (Phi) is 5.62. The lowest BCUT2D eigenvalue weighted by molar-refractivity contribution is 0.169. The van der Waals surface area contributed by atoms with Crippen LogP contribution in [0.25, 0.3) is 0 Å². The third-order valence-corrected chi connectivity index (χ3v) is 3.18. The molecule has 0 heterocycles. The van der Waals surface area contributed by atoms with Crippen LogP contribution in [-0.4, -0.2) is 24.4 Å². The number of hydrogen-bond donors (Lipinski definition) is 2. The minimum Gasteiger partial charge on any atom is -0.394 e. The predicted molar refractivity (Wildman–Crippen MR) is 69.8 cm³/mol. The van der Waals surface area contributed by atoms with Crippen molar-refractivity contribution in [3.05, 3.63) is 35.4 Å². The standard InChI is InChI=1S/C14H23NO2/c1-4-14(2,11-16)15-9-12-5-7-13(8-6-12)10-17-3/h5-8,15-16H,4,9-11H2,1-3H3. The zero-order chi connectivity index (χ0) is 12.7. The second-order valence-electron chi connectivity index (χ2n) is 4.68. The van der Waals surface area contributed by atoms with Gasteiger partial charge in [-0.15, -0.1) is 0 Å². The molecule has 0 spiro atoms. The lowest BCUT2D eigenvalue weighted by Gasteiger charge is -2.27. The molecule has 0 fully saturated rings. The molecule has 0 amide bonds. The Morgan fingerprint density at radius 1 is 1.24 bits per heavy atom. The van der Waals surface area contributed by atoms with Gasteiger partial charge in [-0.25, -0.2) is 0 Å². The summed E-state index contributed by atoms with van der Waals surface area (Å²) in [6.07, 6.45) is 0.908. The summed E-state index contributed by atoms with van der Waals surface area (Å²) in [6.45, 7) is 5.69. The van der Waals surface area contributed by atoms with Crippen molar-refractivity contribution in [3.63, 3.8) is 0 Å². The van der Waals surface area contributed by atoms with Crippen molar-refractivity contribution in [2.45, 2.75) is 39.0 Å². The smallest absolute Gasteiger partial charge is 0.0713 e. The first kappa shape index (κ1) is 14.2. The second-order valence-corrected chi connectivity index (χ2v) is 4.68. The third-order valence-electron chi connectivity index (χ3n) is 3.18. The van der Waals surface area contributed by atoms with Crippen LogP contribution in [0.4, 0.5) is 0 Å². The molecule has 1 aromatic rings. The normalized spacial score (nSPS) is 14.6. The minimum absolute atomic E-state index is 0.158. The summed E-state index contributed by atoms with van der Waals surface area (Å²) in [5.74, 6) is 0. The molecule has 17 heavy (non-hydrogen) atoms. The van der Waals surface area contributed by atoms with Gasteiger partial charge in [0.25, 0.3) is 0 Å². The molecule has 0 saturated heterocycles. The van der Waals surface area contributed by atoms with Crippen molar-refractivity contribution < 1.29 is 9.84 Å². The number of ether oxygens (including phenoxy) is 1. The van der Waals surface area contributed by atoms with Gasteiger partial charge in [-0.05, 0) is 24.5 Å². The number of methoxy groups -OCH3 is 1. The Morgan fingerprint density at radius 3 is 2.29 bits per heavy atom. The molecule has 1 unspecified atom stereocenters. The molecule has 3 nitrogen and oxygen atoms in total. The quantitative estimate of drug-likeness (QED) is 0.763. The van der Waals surface area contributed by atoms with Crippen LogP contribution in [0.2, 0.25) is 0 Å². The van der Waals surface area contributed by atoms with E-state index in [2.05, 4.69) is 36.5 Å². The molecule has 0 aromatic heterocycles. The zero-order valence-corrected chi connectivity index (χ0v) is 11.0. The van der Waals surface area contributed by atoms with Crippen molar-refractivity contribution in [3.8, 4) is 0 Å². The molecule has 2 N–H and O–H groups in total. The average Bonchev–Trinajstić information content (AvgIpc) is 2.38. The topological polar surface area (TPSA) is 41.5 Å². The highest BCUT2D eigenvalue weighted by molar-refractivity contribution is 5.22. The fraction of sp³-hybridized carbons (Fsp3) is 0.571. The summed E-state index contributed by atoms with van der Waals surface area (Å²) in [6, 6.07) is 8.33. The van der Waals surface area contributed by atoms with E-state index in [9.17, 15) is 5.11 Å². The number of rotatable bonds is 7. The van der Waals surface area contributed by atoms with Crippen LogP contribution in [0.1, 0.15) is 31.4 Å². The Morgan fingerprint density at radius 2 is 1.82 bits per heavy atom. The van der Waals surface area contributed by atoms with Gasteiger partial charge in [0, 0.05) is 19.2 Å². The zero-order valence-electron chi connectivity index (χ0n) is 11.0. The van der Waals surface area contributed by atoms with E-state index in [-0.39, 0.29) is 12.1 Å². The van der Waals surface area contributed by atoms with Gasteiger partial charge in [-0.1, -0.05) is 31.2 Å². The number of benzene rings is 1. The molecule has 1 rings (SSSR count). The predicted octanol–water partition coefficient (Wildman–Crippen LogP) is 2.08. The van der Waals surface area contributed by atoms with Gasteiger partial charge < -0.3 is 15.2 Å². The maximum Gasteiger partial charge on any atom is 0.0713 e. The van der Waals surface area contributed by atoms with Gasteiger partial charge in [-0.2, -0.15) is 0 Å². The van der Waals surface area contributed by atoms with Gasteiger partial charge >= 0.3 is 0 Å². The summed E-state index contributed by atoms with van der Waals surface area (Å²) in [5, 5.41) is 12.7. The third kappa shape index (κ3) is 4.46.